The molecule has 5 nitrogen and oxygen atoms in total. The number of amides is 1. The fourth-order valence-electron chi connectivity index (χ4n) is 2.91. The maximum absolute atomic E-state index is 11.9. The molecule has 0 saturated heterocycles. The van der Waals surface area contributed by atoms with Gasteiger partial charge in [0.15, 0.2) is 0 Å². The summed E-state index contributed by atoms with van der Waals surface area (Å²) >= 11 is 0. The largest absolute Gasteiger partial charge is 0.444 e. The van der Waals surface area contributed by atoms with E-state index in [1.807, 2.05) is 33.0 Å². The molecule has 1 amide bonds. The van der Waals surface area contributed by atoms with E-state index in [-0.39, 0.29) is 6.10 Å². The predicted molar refractivity (Wildman–Crippen MR) is 96.3 cm³/mol. The molecule has 132 valence electrons. The fraction of sp³-hybridized carbons (Fsp3) is 0.400. The van der Waals surface area contributed by atoms with Gasteiger partial charge in [-0.15, -0.1) is 0 Å². The molecule has 1 N–H and O–H groups in total. The van der Waals surface area contributed by atoms with Gasteiger partial charge in [-0.3, -0.25) is 4.98 Å². The fourth-order valence-corrected chi connectivity index (χ4v) is 2.91. The van der Waals surface area contributed by atoms with Crippen LogP contribution in [0.3, 0.4) is 0 Å². The molecule has 1 aliphatic rings. The van der Waals surface area contributed by atoms with Crippen LogP contribution in [0.15, 0.2) is 42.7 Å². The van der Waals surface area contributed by atoms with Crippen LogP contribution in [0.25, 0.3) is 11.1 Å². The highest BCUT2D eigenvalue weighted by Crippen LogP contribution is 2.30. The van der Waals surface area contributed by atoms with Crippen LogP contribution in [0.2, 0.25) is 0 Å². The van der Waals surface area contributed by atoms with Crippen molar-refractivity contribution < 1.29 is 14.3 Å². The van der Waals surface area contributed by atoms with Crippen LogP contribution in [0, 0.1) is 0 Å². The van der Waals surface area contributed by atoms with Crippen molar-refractivity contribution >= 4 is 6.09 Å². The molecule has 0 aliphatic carbocycles. The van der Waals surface area contributed by atoms with Crippen molar-refractivity contribution in [2.24, 2.45) is 0 Å². The smallest absolute Gasteiger partial charge is 0.407 e. The SMILES string of the molecule is CC(C)(C)OC(=O)NC[C@@H]1OCCc2cc(-c3cccnc3)ccc21. The van der Waals surface area contributed by atoms with Gasteiger partial charge in [0.1, 0.15) is 11.7 Å². The first-order valence-corrected chi connectivity index (χ1v) is 8.54. The highest BCUT2D eigenvalue weighted by Gasteiger charge is 2.23. The molecular formula is C20H24N2O3. The number of nitrogens with zero attached hydrogens (tertiary/aromatic N) is 1. The second-order valence-corrected chi connectivity index (χ2v) is 7.15. The van der Waals surface area contributed by atoms with Gasteiger partial charge in [-0.25, -0.2) is 4.79 Å². The lowest BCUT2D eigenvalue weighted by atomic mass is 9.93. The van der Waals surface area contributed by atoms with E-state index in [1.165, 1.54) is 5.56 Å². The molecule has 5 heteroatoms. The Kier molecular flexibility index (Phi) is 5.04. The van der Waals surface area contributed by atoms with Crippen molar-refractivity contribution in [2.75, 3.05) is 13.2 Å². The topological polar surface area (TPSA) is 60.5 Å². The number of carbonyl (C=O) groups excluding carboxylic acids is 1. The molecule has 1 aliphatic heterocycles. The molecule has 0 unspecified atom stereocenters. The van der Waals surface area contributed by atoms with Gasteiger partial charge in [0.25, 0.3) is 0 Å². The van der Waals surface area contributed by atoms with Gasteiger partial charge in [-0.2, -0.15) is 0 Å². The number of pyridine rings is 1. The average Bonchev–Trinajstić information content (AvgIpc) is 2.58. The first-order chi connectivity index (χ1) is 11.9. The molecular weight excluding hydrogens is 316 g/mol. The van der Waals surface area contributed by atoms with Crippen LogP contribution in [0.4, 0.5) is 4.79 Å². The number of carbonyl (C=O) groups is 1. The van der Waals surface area contributed by atoms with Crippen LogP contribution >= 0.6 is 0 Å². The van der Waals surface area contributed by atoms with Crippen molar-refractivity contribution in [1.82, 2.24) is 10.3 Å². The minimum absolute atomic E-state index is 0.154. The summed E-state index contributed by atoms with van der Waals surface area (Å²) in [5.41, 5.74) is 4.11. The van der Waals surface area contributed by atoms with Crippen LogP contribution in [-0.2, 0) is 15.9 Å². The monoisotopic (exact) mass is 340 g/mol. The van der Waals surface area contributed by atoms with Gasteiger partial charge in [0, 0.05) is 12.4 Å². The lowest BCUT2D eigenvalue weighted by Gasteiger charge is -2.27. The lowest BCUT2D eigenvalue weighted by molar-refractivity contribution is 0.0289. The molecule has 0 fully saturated rings. The standard InChI is InChI=1S/C20H24N2O3/c1-20(2,3)25-19(23)22-13-18-17-7-6-14(11-15(17)8-10-24-18)16-5-4-9-21-12-16/h4-7,9,11-12,18H,8,10,13H2,1-3H3,(H,22,23)/t18-/m0/s1. The number of fused-ring (bicyclic) bond motifs is 1. The molecule has 0 bridgehead atoms. The number of benzene rings is 1. The van der Waals surface area contributed by atoms with E-state index in [4.69, 9.17) is 9.47 Å². The van der Waals surface area contributed by atoms with Gasteiger partial charge in [-0.05, 0) is 55.5 Å². The number of rotatable bonds is 3. The zero-order chi connectivity index (χ0) is 17.9. The summed E-state index contributed by atoms with van der Waals surface area (Å²) in [5.74, 6) is 0. The van der Waals surface area contributed by atoms with Gasteiger partial charge in [0.2, 0.25) is 0 Å². The first-order valence-electron chi connectivity index (χ1n) is 8.54. The van der Waals surface area contributed by atoms with Gasteiger partial charge >= 0.3 is 6.09 Å². The summed E-state index contributed by atoms with van der Waals surface area (Å²) in [4.78, 5) is 16.0. The van der Waals surface area contributed by atoms with Crippen molar-refractivity contribution in [2.45, 2.75) is 38.9 Å². The lowest BCUT2D eigenvalue weighted by Crippen LogP contribution is -2.36. The molecule has 1 aromatic heterocycles. The third kappa shape index (κ3) is 4.57. The second kappa shape index (κ2) is 7.23. The molecule has 0 spiro atoms. The minimum Gasteiger partial charge on any atom is -0.444 e. The van der Waals surface area contributed by atoms with Crippen molar-refractivity contribution in [3.63, 3.8) is 0 Å². The van der Waals surface area contributed by atoms with Crippen LogP contribution < -0.4 is 5.32 Å². The predicted octanol–water partition coefficient (Wildman–Crippen LogP) is 3.89. The molecule has 1 atom stereocenters. The summed E-state index contributed by atoms with van der Waals surface area (Å²) < 4.78 is 11.1. The van der Waals surface area contributed by atoms with Gasteiger partial charge in [-0.1, -0.05) is 24.3 Å². The number of ether oxygens (including phenoxy) is 2. The number of hydrogen-bond donors (Lipinski definition) is 1. The molecule has 2 heterocycles. The van der Waals surface area contributed by atoms with Crippen molar-refractivity contribution in [3.05, 3.63) is 53.9 Å². The maximum Gasteiger partial charge on any atom is 0.407 e. The van der Waals surface area contributed by atoms with Crippen molar-refractivity contribution in [1.29, 1.82) is 0 Å². The highest BCUT2D eigenvalue weighted by molar-refractivity contribution is 5.68. The van der Waals surface area contributed by atoms with Crippen LogP contribution in [0.1, 0.15) is 38.0 Å². The average molecular weight is 340 g/mol. The highest BCUT2D eigenvalue weighted by atomic mass is 16.6. The molecule has 0 saturated carbocycles. The second-order valence-electron chi connectivity index (χ2n) is 7.15. The van der Waals surface area contributed by atoms with E-state index < -0.39 is 11.7 Å². The van der Waals surface area contributed by atoms with E-state index in [0.29, 0.717) is 13.2 Å². The zero-order valence-electron chi connectivity index (χ0n) is 14.9. The summed E-state index contributed by atoms with van der Waals surface area (Å²) in [5, 5.41) is 2.80. The van der Waals surface area contributed by atoms with E-state index in [1.54, 1.807) is 6.20 Å². The van der Waals surface area contributed by atoms with E-state index >= 15 is 0 Å². The Balaban J connectivity index is 1.71. The Bertz CT molecular complexity index is 738. The quantitative estimate of drug-likeness (QED) is 0.921. The normalized spacial score (nSPS) is 16.8. The maximum atomic E-state index is 11.9. The van der Waals surface area contributed by atoms with E-state index in [2.05, 4.69) is 34.6 Å². The van der Waals surface area contributed by atoms with Gasteiger partial charge in [0.05, 0.1) is 13.2 Å². The van der Waals surface area contributed by atoms with E-state index in [9.17, 15) is 4.79 Å². The van der Waals surface area contributed by atoms with Gasteiger partial charge < -0.3 is 14.8 Å². The number of hydrogen-bond acceptors (Lipinski definition) is 4. The van der Waals surface area contributed by atoms with Crippen LogP contribution in [-0.4, -0.2) is 29.8 Å². The Morgan fingerprint density at radius 2 is 2.16 bits per heavy atom. The first kappa shape index (κ1) is 17.4. The Morgan fingerprint density at radius 3 is 2.88 bits per heavy atom. The summed E-state index contributed by atoms with van der Waals surface area (Å²) in [6, 6.07) is 10.3. The minimum atomic E-state index is -0.506. The van der Waals surface area contributed by atoms with Crippen LogP contribution in [0.5, 0.6) is 0 Å². The third-order valence-electron chi connectivity index (χ3n) is 4.01. The molecule has 25 heavy (non-hydrogen) atoms. The zero-order valence-corrected chi connectivity index (χ0v) is 14.9. The van der Waals surface area contributed by atoms with E-state index in [0.717, 1.165) is 23.1 Å². The summed E-state index contributed by atoms with van der Waals surface area (Å²) in [7, 11) is 0. The Hall–Kier alpha value is -2.40. The Morgan fingerprint density at radius 1 is 1.32 bits per heavy atom. The summed E-state index contributed by atoms with van der Waals surface area (Å²) in [6.45, 7) is 6.58. The molecule has 3 rings (SSSR count). The Labute approximate surface area is 148 Å². The number of nitrogens with one attached hydrogen (secondary N) is 1. The third-order valence-corrected chi connectivity index (χ3v) is 4.01. The summed E-state index contributed by atoms with van der Waals surface area (Å²) in [6.07, 6.45) is 3.93. The number of alkyl carbamates (subject to hydrolysis) is 1. The number of aromatic nitrogens is 1. The molecule has 2 aromatic rings. The van der Waals surface area contributed by atoms with Crippen molar-refractivity contribution in [3.8, 4) is 11.1 Å². The molecule has 0 radical (unpaired) electrons. The molecule has 1 aromatic carbocycles.